The molecule has 33 heavy (non-hydrogen) atoms. The molecule has 0 atom stereocenters. The average Bonchev–Trinajstić information content (AvgIpc) is 3.19. The number of nitrogens with one attached hydrogen (secondary N) is 2. The van der Waals surface area contributed by atoms with E-state index >= 15 is 0 Å². The fourth-order valence-electron chi connectivity index (χ4n) is 3.27. The molecule has 0 bridgehead atoms. The van der Waals surface area contributed by atoms with Gasteiger partial charge >= 0.3 is 0 Å². The Kier molecular flexibility index (Phi) is 9.33. The Bertz CT molecular complexity index is 1070. The van der Waals surface area contributed by atoms with Crippen LogP contribution in [0.5, 0.6) is 0 Å². The first-order valence-electron chi connectivity index (χ1n) is 11.0. The number of carbonyl (C=O) groups is 2. The fourth-order valence-corrected chi connectivity index (χ4v) is 4.16. The van der Waals surface area contributed by atoms with Gasteiger partial charge < -0.3 is 15.2 Å². The summed E-state index contributed by atoms with van der Waals surface area (Å²) in [6, 6.07) is 14.5. The van der Waals surface area contributed by atoms with Gasteiger partial charge in [-0.15, -0.1) is 10.2 Å². The highest BCUT2D eigenvalue weighted by atomic mass is 35.5. The van der Waals surface area contributed by atoms with Crippen LogP contribution >= 0.6 is 23.4 Å². The molecule has 3 aromatic rings. The molecule has 1 heterocycles. The number of nitrogens with zero attached hydrogens (tertiary/aromatic N) is 3. The molecular formula is C24H28ClN5O2S. The number of hydrogen-bond acceptors (Lipinski definition) is 5. The van der Waals surface area contributed by atoms with Crippen LogP contribution in [0, 0.1) is 0 Å². The first kappa shape index (κ1) is 24.8. The lowest BCUT2D eigenvalue weighted by molar-refractivity contribution is -0.114. The summed E-state index contributed by atoms with van der Waals surface area (Å²) in [6.45, 7) is 4.43. The molecule has 0 fully saturated rings. The zero-order chi connectivity index (χ0) is 23.6. The Morgan fingerprint density at radius 1 is 0.939 bits per heavy atom. The molecule has 2 N–H and O–H groups in total. The van der Waals surface area contributed by atoms with Crippen LogP contribution in [0.1, 0.15) is 39.5 Å². The van der Waals surface area contributed by atoms with Crippen LogP contribution < -0.4 is 10.6 Å². The van der Waals surface area contributed by atoms with Gasteiger partial charge in [0.25, 0.3) is 0 Å². The van der Waals surface area contributed by atoms with Crippen LogP contribution in [0.15, 0.2) is 53.7 Å². The Morgan fingerprint density at radius 3 is 2.24 bits per heavy atom. The van der Waals surface area contributed by atoms with E-state index in [-0.39, 0.29) is 17.6 Å². The molecule has 0 unspecified atom stereocenters. The van der Waals surface area contributed by atoms with E-state index in [9.17, 15) is 9.59 Å². The van der Waals surface area contributed by atoms with Crippen molar-refractivity contribution in [2.45, 2.75) is 51.2 Å². The molecule has 9 heteroatoms. The predicted molar refractivity (Wildman–Crippen MR) is 135 cm³/mol. The van der Waals surface area contributed by atoms with Crippen molar-refractivity contribution in [3.8, 4) is 11.4 Å². The van der Waals surface area contributed by atoms with Gasteiger partial charge in [0.05, 0.1) is 5.75 Å². The van der Waals surface area contributed by atoms with E-state index in [2.05, 4.69) is 32.3 Å². The largest absolute Gasteiger partial charge is 0.326 e. The molecule has 0 aliphatic heterocycles. The van der Waals surface area contributed by atoms with Gasteiger partial charge in [0.2, 0.25) is 11.8 Å². The van der Waals surface area contributed by atoms with Crippen LogP contribution in [-0.4, -0.2) is 32.3 Å². The molecule has 0 aliphatic rings. The number of rotatable bonds is 11. The van der Waals surface area contributed by atoms with E-state index in [1.165, 1.54) is 31.5 Å². The summed E-state index contributed by atoms with van der Waals surface area (Å²) in [7, 11) is 0. The Labute approximate surface area is 203 Å². The Morgan fingerprint density at radius 2 is 1.61 bits per heavy atom. The number of amides is 2. The van der Waals surface area contributed by atoms with Gasteiger partial charge in [0, 0.05) is 35.4 Å². The maximum Gasteiger partial charge on any atom is 0.234 e. The first-order valence-corrected chi connectivity index (χ1v) is 12.3. The van der Waals surface area contributed by atoms with Gasteiger partial charge in [-0.1, -0.05) is 49.5 Å². The molecular weight excluding hydrogens is 458 g/mol. The number of carbonyl (C=O) groups excluding carboxylic acids is 2. The number of aromatic nitrogens is 3. The van der Waals surface area contributed by atoms with Gasteiger partial charge in [0.1, 0.15) is 0 Å². The predicted octanol–water partition coefficient (Wildman–Crippen LogP) is 5.87. The molecule has 0 spiro atoms. The summed E-state index contributed by atoms with van der Waals surface area (Å²) in [5.41, 5.74) is 2.29. The summed E-state index contributed by atoms with van der Waals surface area (Å²) in [4.78, 5) is 23.6. The van der Waals surface area contributed by atoms with Crippen molar-refractivity contribution in [1.82, 2.24) is 14.8 Å². The zero-order valence-electron chi connectivity index (χ0n) is 18.8. The second kappa shape index (κ2) is 12.4. The minimum absolute atomic E-state index is 0.138. The molecule has 2 aromatic carbocycles. The Hall–Kier alpha value is -2.84. The smallest absolute Gasteiger partial charge is 0.234 e. The summed E-state index contributed by atoms with van der Waals surface area (Å²) < 4.78 is 2.08. The summed E-state index contributed by atoms with van der Waals surface area (Å²) in [6.07, 6.45) is 4.50. The van der Waals surface area contributed by atoms with Gasteiger partial charge in [-0.25, -0.2) is 0 Å². The molecule has 0 saturated carbocycles. The number of benzene rings is 2. The van der Waals surface area contributed by atoms with Crippen molar-refractivity contribution < 1.29 is 9.59 Å². The quantitative estimate of drug-likeness (QED) is 0.262. The van der Waals surface area contributed by atoms with Gasteiger partial charge in [-0.2, -0.15) is 0 Å². The van der Waals surface area contributed by atoms with Crippen molar-refractivity contribution in [2.24, 2.45) is 0 Å². The van der Waals surface area contributed by atoms with Crippen molar-refractivity contribution in [3.05, 3.63) is 53.6 Å². The highest BCUT2D eigenvalue weighted by Crippen LogP contribution is 2.26. The number of unbranched alkanes of at least 4 members (excludes halogenated alkanes) is 3. The van der Waals surface area contributed by atoms with Gasteiger partial charge in [0.15, 0.2) is 11.0 Å². The van der Waals surface area contributed by atoms with E-state index in [0.29, 0.717) is 21.6 Å². The third-order valence-electron chi connectivity index (χ3n) is 4.88. The second-order valence-electron chi connectivity index (χ2n) is 7.62. The number of halogens is 1. The molecule has 2 amide bonds. The van der Waals surface area contributed by atoms with Crippen LogP contribution in [0.3, 0.4) is 0 Å². The lowest BCUT2D eigenvalue weighted by Gasteiger charge is -2.11. The van der Waals surface area contributed by atoms with E-state index in [0.717, 1.165) is 30.8 Å². The normalized spacial score (nSPS) is 10.8. The van der Waals surface area contributed by atoms with E-state index in [1.807, 2.05) is 24.3 Å². The van der Waals surface area contributed by atoms with Gasteiger partial charge in [-0.3, -0.25) is 9.59 Å². The molecule has 7 nitrogen and oxygen atoms in total. The Balaban J connectivity index is 1.65. The SMILES string of the molecule is CCCCCCn1c(SCC(=O)Nc2ccc(NC(C)=O)cc2)nnc1-c1ccc(Cl)cc1. The van der Waals surface area contributed by atoms with Crippen molar-refractivity contribution in [1.29, 1.82) is 0 Å². The van der Waals surface area contributed by atoms with Crippen LogP contribution in [-0.2, 0) is 16.1 Å². The van der Waals surface area contributed by atoms with Crippen LogP contribution in [0.2, 0.25) is 5.02 Å². The third-order valence-corrected chi connectivity index (χ3v) is 6.09. The van der Waals surface area contributed by atoms with Crippen LogP contribution in [0.25, 0.3) is 11.4 Å². The molecule has 1 aromatic heterocycles. The lowest BCUT2D eigenvalue weighted by atomic mass is 10.2. The molecule has 3 rings (SSSR count). The van der Waals surface area contributed by atoms with E-state index < -0.39 is 0 Å². The van der Waals surface area contributed by atoms with Crippen LogP contribution in [0.4, 0.5) is 11.4 Å². The maximum atomic E-state index is 12.5. The summed E-state index contributed by atoms with van der Waals surface area (Å²) >= 11 is 7.40. The van der Waals surface area contributed by atoms with Crippen molar-refractivity contribution >= 4 is 46.6 Å². The maximum absolute atomic E-state index is 12.5. The minimum atomic E-state index is -0.139. The minimum Gasteiger partial charge on any atom is -0.326 e. The van der Waals surface area contributed by atoms with Crippen molar-refractivity contribution in [2.75, 3.05) is 16.4 Å². The molecule has 174 valence electrons. The van der Waals surface area contributed by atoms with E-state index in [4.69, 9.17) is 11.6 Å². The monoisotopic (exact) mass is 485 g/mol. The first-order chi connectivity index (χ1) is 16.0. The number of thioether (sulfide) groups is 1. The zero-order valence-corrected chi connectivity index (χ0v) is 20.4. The summed E-state index contributed by atoms with van der Waals surface area (Å²) in [5.74, 6) is 0.710. The summed E-state index contributed by atoms with van der Waals surface area (Å²) in [5, 5.41) is 15.7. The van der Waals surface area contributed by atoms with Gasteiger partial charge in [-0.05, 0) is 55.0 Å². The fraction of sp³-hybridized carbons (Fsp3) is 0.333. The molecule has 0 radical (unpaired) electrons. The number of anilines is 2. The standard InChI is InChI=1S/C24H28ClN5O2S/c1-3-4-5-6-15-30-23(18-7-9-19(25)10-8-18)28-29-24(30)33-16-22(32)27-21-13-11-20(12-14-21)26-17(2)31/h7-14H,3-6,15-16H2,1-2H3,(H,26,31)(H,27,32). The third kappa shape index (κ3) is 7.61. The topological polar surface area (TPSA) is 88.9 Å². The highest BCUT2D eigenvalue weighted by molar-refractivity contribution is 7.99. The lowest BCUT2D eigenvalue weighted by Crippen LogP contribution is -2.15. The number of hydrogen-bond donors (Lipinski definition) is 2. The molecule has 0 aliphatic carbocycles. The van der Waals surface area contributed by atoms with E-state index in [1.54, 1.807) is 24.3 Å². The highest BCUT2D eigenvalue weighted by Gasteiger charge is 2.16. The molecule has 0 saturated heterocycles. The average molecular weight is 486 g/mol. The second-order valence-corrected chi connectivity index (χ2v) is 9.00. The van der Waals surface area contributed by atoms with Crippen molar-refractivity contribution in [3.63, 3.8) is 0 Å².